The molecule has 0 saturated carbocycles. The van der Waals surface area contributed by atoms with Crippen LogP contribution < -0.4 is 11.3 Å². The lowest BCUT2D eigenvalue weighted by Crippen LogP contribution is -2.29. The summed E-state index contributed by atoms with van der Waals surface area (Å²) < 4.78 is 40.2. The average Bonchev–Trinajstić information content (AvgIpc) is 2.51. The van der Waals surface area contributed by atoms with E-state index < -0.39 is 21.4 Å². The molecule has 5 nitrogen and oxygen atoms in total. The molecule has 0 aliphatic carbocycles. The van der Waals surface area contributed by atoms with Gasteiger partial charge in [-0.25, -0.2) is 12.8 Å². The number of nitrogens with zero attached hydrogens (tertiary/aromatic N) is 1. The van der Waals surface area contributed by atoms with Gasteiger partial charge in [0.15, 0.2) is 0 Å². The van der Waals surface area contributed by atoms with Crippen molar-refractivity contribution in [3.05, 3.63) is 69.8 Å². The van der Waals surface area contributed by atoms with Crippen molar-refractivity contribution in [3.63, 3.8) is 0 Å². The van der Waals surface area contributed by atoms with Gasteiger partial charge < -0.3 is 5.73 Å². The standard InChI is InChI=1S/C17H15FN2O3S/c1-10-8-14(5-6-15(10)18)24(22,23)20-16-9-13(19)4-3-12(16)7-11(2)17(20)21/h3-9H,19H2,1-2H3. The zero-order valence-corrected chi connectivity index (χ0v) is 13.9. The molecule has 0 radical (unpaired) electrons. The number of fused-ring (bicyclic) bond motifs is 1. The average molecular weight is 346 g/mol. The second kappa shape index (κ2) is 5.45. The smallest absolute Gasteiger partial charge is 0.271 e. The first kappa shape index (κ1) is 16.2. The van der Waals surface area contributed by atoms with Gasteiger partial charge in [-0.2, -0.15) is 3.97 Å². The van der Waals surface area contributed by atoms with E-state index >= 15 is 0 Å². The van der Waals surface area contributed by atoms with Gasteiger partial charge in [-0.05, 0) is 61.2 Å². The summed E-state index contributed by atoms with van der Waals surface area (Å²) in [6.45, 7) is 3.00. The van der Waals surface area contributed by atoms with Crippen LogP contribution in [-0.4, -0.2) is 12.4 Å². The molecule has 0 unspecified atom stereocenters. The van der Waals surface area contributed by atoms with E-state index in [2.05, 4.69) is 0 Å². The number of benzene rings is 2. The van der Waals surface area contributed by atoms with Crippen molar-refractivity contribution in [3.8, 4) is 0 Å². The molecule has 3 rings (SSSR count). The van der Waals surface area contributed by atoms with Crippen LogP contribution in [0.5, 0.6) is 0 Å². The van der Waals surface area contributed by atoms with Gasteiger partial charge >= 0.3 is 0 Å². The SMILES string of the molecule is Cc1cc(S(=O)(=O)n2c(=O)c(C)cc3ccc(N)cc32)ccc1F. The van der Waals surface area contributed by atoms with Crippen LogP contribution in [0.25, 0.3) is 10.9 Å². The van der Waals surface area contributed by atoms with Crippen molar-refractivity contribution in [2.24, 2.45) is 0 Å². The molecule has 0 atom stereocenters. The first-order valence-electron chi connectivity index (χ1n) is 7.15. The maximum atomic E-state index is 13.5. The third-order valence-electron chi connectivity index (χ3n) is 3.83. The topological polar surface area (TPSA) is 82.2 Å². The van der Waals surface area contributed by atoms with E-state index in [0.29, 0.717) is 11.1 Å². The number of nitrogen functional groups attached to an aromatic ring is 1. The fourth-order valence-corrected chi connectivity index (χ4v) is 4.10. The maximum absolute atomic E-state index is 13.5. The Morgan fingerprint density at radius 1 is 1.00 bits per heavy atom. The fourth-order valence-electron chi connectivity index (χ4n) is 2.54. The molecule has 124 valence electrons. The summed E-state index contributed by atoms with van der Waals surface area (Å²) in [5, 5.41) is 0.573. The molecule has 1 heterocycles. The van der Waals surface area contributed by atoms with Crippen molar-refractivity contribution in [1.29, 1.82) is 0 Å². The van der Waals surface area contributed by atoms with Crippen molar-refractivity contribution in [1.82, 2.24) is 3.97 Å². The van der Waals surface area contributed by atoms with Gasteiger partial charge in [0.1, 0.15) is 5.82 Å². The Balaban J connectivity index is 2.43. The Bertz CT molecular complexity index is 1130. The number of halogens is 1. The summed E-state index contributed by atoms with van der Waals surface area (Å²) in [6.07, 6.45) is 0. The van der Waals surface area contributed by atoms with Gasteiger partial charge in [0.25, 0.3) is 15.6 Å². The number of aryl methyl sites for hydroxylation is 2. The van der Waals surface area contributed by atoms with Crippen LogP contribution in [0, 0.1) is 19.7 Å². The van der Waals surface area contributed by atoms with Crippen LogP contribution in [0.3, 0.4) is 0 Å². The van der Waals surface area contributed by atoms with Crippen molar-refractivity contribution in [2.45, 2.75) is 18.7 Å². The fraction of sp³-hybridized carbons (Fsp3) is 0.118. The molecule has 0 spiro atoms. The Morgan fingerprint density at radius 2 is 1.71 bits per heavy atom. The molecule has 7 heteroatoms. The van der Waals surface area contributed by atoms with E-state index in [1.165, 1.54) is 19.1 Å². The summed E-state index contributed by atoms with van der Waals surface area (Å²) in [5.74, 6) is -0.514. The van der Waals surface area contributed by atoms with E-state index in [1.54, 1.807) is 25.1 Å². The number of pyridine rings is 1. The van der Waals surface area contributed by atoms with Gasteiger partial charge in [0.2, 0.25) is 0 Å². The van der Waals surface area contributed by atoms with Gasteiger partial charge in [0.05, 0.1) is 10.4 Å². The molecule has 2 aromatic carbocycles. The minimum Gasteiger partial charge on any atom is -0.399 e. The van der Waals surface area contributed by atoms with Gasteiger partial charge in [-0.1, -0.05) is 6.07 Å². The quantitative estimate of drug-likeness (QED) is 0.723. The largest absolute Gasteiger partial charge is 0.399 e. The summed E-state index contributed by atoms with van der Waals surface area (Å²) in [6, 6.07) is 9.75. The molecule has 3 aromatic rings. The van der Waals surface area contributed by atoms with Crippen molar-refractivity contribution < 1.29 is 12.8 Å². The summed E-state index contributed by atoms with van der Waals surface area (Å²) >= 11 is 0. The normalized spacial score (nSPS) is 11.8. The highest BCUT2D eigenvalue weighted by atomic mass is 32.2. The van der Waals surface area contributed by atoms with E-state index in [-0.39, 0.29) is 21.5 Å². The van der Waals surface area contributed by atoms with E-state index in [4.69, 9.17) is 5.73 Å². The van der Waals surface area contributed by atoms with Gasteiger partial charge in [-0.3, -0.25) is 4.79 Å². The number of anilines is 1. The van der Waals surface area contributed by atoms with Crippen molar-refractivity contribution in [2.75, 3.05) is 5.73 Å². The molecule has 0 aliphatic heterocycles. The first-order valence-corrected chi connectivity index (χ1v) is 8.59. The van der Waals surface area contributed by atoms with E-state index in [0.717, 1.165) is 16.1 Å². The maximum Gasteiger partial charge on any atom is 0.271 e. The van der Waals surface area contributed by atoms with Crippen LogP contribution in [0.4, 0.5) is 10.1 Å². The van der Waals surface area contributed by atoms with Gasteiger partial charge in [0, 0.05) is 11.3 Å². The predicted octanol–water partition coefficient (Wildman–Crippen LogP) is 2.58. The highest BCUT2D eigenvalue weighted by Crippen LogP contribution is 2.23. The second-order valence-electron chi connectivity index (χ2n) is 5.63. The molecule has 1 aromatic heterocycles. The molecular formula is C17H15FN2O3S. The third kappa shape index (κ3) is 2.46. The Morgan fingerprint density at radius 3 is 2.38 bits per heavy atom. The molecule has 0 saturated heterocycles. The van der Waals surface area contributed by atoms with E-state index in [1.807, 2.05) is 0 Å². The van der Waals surface area contributed by atoms with E-state index in [9.17, 15) is 17.6 Å². The summed E-state index contributed by atoms with van der Waals surface area (Å²) in [5.41, 5.74) is 6.08. The molecule has 0 aliphatic rings. The Kier molecular flexibility index (Phi) is 3.68. The first-order chi connectivity index (χ1) is 11.2. The molecule has 24 heavy (non-hydrogen) atoms. The molecule has 0 fully saturated rings. The van der Waals surface area contributed by atoms with Crippen LogP contribution >= 0.6 is 0 Å². The minimum atomic E-state index is -4.19. The summed E-state index contributed by atoms with van der Waals surface area (Å²) in [4.78, 5) is 12.4. The van der Waals surface area contributed by atoms with Crippen LogP contribution in [-0.2, 0) is 10.0 Å². The minimum absolute atomic E-state index is 0.155. The Hall–Kier alpha value is -2.67. The lowest BCUT2D eigenvalue weighted by molar-refractivity contribution is 0.585. The molecular weight excluding hydrogens is 331 g/mol. The second-order valence-corrected chi connectivity index (χ2v) is 7.42. The lowest BCUT2D eigenvalue weighted by Gasteiger charge is -2.13. The zero-order chi connectivity index (χ0) is 17.6. The highest BCUT2D eigenvalue weighted by molar-refractivity contribution is 7.90. The zero-order valence-electron chi connectivity index (χ0n) is 13.1. The summed E-state index contributed by atoms with van der Waals surface area (Å²) in [7, 11) is -4.19. The molecule has 2 N–H and O–H groups in total. The highest BCUT2D eigenvalue weighted by Gasteiger charge is 2.23. The number of aromatic nitrogens is 1. The number of hydrogen-bond acceptors (Lipinski definition) is 4. The van der Waals surface area contributed by atoms with Crippen LogP contribution in [0.1, 0.15) is 11.1 Å². The van der Waals surface area contributed by atoms with Crippen LogP contribution in [0.15, 0.2) is 52.2 Å². The number of hydrogen-bond donors (Lipinski definition) is 1. The predicted molar refractivity (Wildman–Crippen MR) is 91.1 cm³/mol. The van der Waals surface area contributed by atoms with Crippen LogP contribution in [0.2, 0.25) is 0 Å². The number of nitrogens with two attached hydrogens (primary N) is 1. The number of rotatable bonds is 2. The van der Waals surface area contributed by atoms with Crippen molar-refractivity contribution >= 4 is 26.6 Å². The molecule has 0 amide bonds. The monoisotopic (exact) mass is 346 g/mol. The lowest BCUT2D eigenvalue weighted by atomic mass is 10.1. The Labute approximate surface area is 138 Å². The molecule has 0 bridgehead atoms. The van der Waals surface area contributed by atoms with Gasteiger partial charge in [-0.15, -0.1) is 0 Å². The third-order valence-corrected chi connectivity index (χ3v) is 5.53.